The van der Waals surface area contributed by atoms with Crippen molar-refractivity contribution in [2.45, 2.75) is 6.92 Å². The van der Waals surface area contributed by atoms with Crippen molar-refractivity contribution in [2.24, 2.45) is 0 Å². The molecule has 0 aliphatic heterocycles. The predicted octanol–water partition coefficient (Wildman–Crippen LogP) is 3.12. The minimum atomic E-state index is 0.0181. The molecule has 8 heteroatoms. The number of ether oxygens (including phenoxy) is 1. The first kappa shape index (κ1) is 20.7. The smallest absolute Gasteiger partial charge is 0.239 e. The van der Waals surface area contributed by atoms with Gasteiger partial charge in [-0.25, -0.2) is 4.98 Å². The van der Waals surface area contributed by atoms with Crippen molar-refractivity contribution in [1.82, 2.24) is 19.9 Å². The van der Waals surface area contributed by atoms with E-state index in [4.69, 9.17) is 10.00 Å². The van der Waals surface area contributed by atoms with Crippen molar-refractivity contribution in [3.8, 4) is 29.0 Å². The Morgan fingerprint density at radius 1 is 1.07 bits per heavy atom. The maximum absolute atomic E-state index is 11.3. The highest BCUT2D eigenvalue weighted by molar-refractivity contribution is 5.72. The van der Waals surface area contributed by atoms with Crippen LogP contribution in [0, 0.1) is 11.3 Å². The van der Waals surface area contributed by atoms with E-state index in [-0.39, 0.29) is 5.91 Å². The molecule has 0 radical (unpaired) electrons. The van der Waals surface area contributed by atoms with Crippen molar-refractivity contribution < 1.29 is 9.53 Å². The Morgan fingerprint density at radius 3 is 2.53 bits per heavy atom. The third-order valence-electron chi connectivity index (χ3n) is 4.54. The van der Waals surface area contributed by atoms with Crippen molar-refractivity contribution in [3.05, 3.63) is 60.6 Å². The van der Waals surface area contributed by atoms with Crippen LogP contribution in [0.15, 0.2) is 54.9 Å². The summed E-state index contributed by atoms with van der Waals surface area (Å²) in [5.41, 5.74) is 1.98. The lowest BCUT2D eigenvalue weighted by Gasteiger charge is -2.22. The lowest BCUT2D eigenvalue weighted by atomic mass is 10.1. The minimum absolute atomic E-state index is 0.0181. The number of nitrogens with zero attached hydrogens (tertiary/aromatic N) is 6. The van der Waals surface area contributed by atoms with Crippen LogP contribution in [-0.4, -0.2) is 52.9 Å². The largest absolute Gasteiger partial charge is 0.437 e. The number of benzene rings is 1. The zero-order valence-corrected chi connectivity index (χ0v) is 17.1. The fourth-order valence-electron chi connectivity index (χ4n) is 2.62. The summed E-state index contributed by atoms with van der Waals surface area (Å²) >= 11 is 0. The van der Waals surface area contributed by atoms with Crippen LogP contribution in [0.5, 0.6) is 11.6 Å². The minimum Gasteiger partial charge on any atom is -0.437 e. The third-order valence-corrected chi connectivity index (χ3v) is 4.54. The molecule has 0 saturated heterocycles. The van der Waals surface area contributed by atoms with Gasteiger partial charge in [-0.3, -0.25) is 9.78 Å². The van der Waals surface area contributed by atoms with Crippen molar-refractivity contribution >= 4 is 11.7 Å². The molecule has 2 heterocycles. The number of hydrogen-bond donors (Lipinski definition) is 0. The molecule has 3 aromatic rings. The van der Waals surface area contributed by atoms with Gasteiger partial charge in [0, 0.05) is 39.7 Å². The Bertz CT molecular complexity index is 1060. The number of nitriles is 1. The maximum Gasteiger partial charge on any atom is 0.239 e. The van der Waals surface area contributed by atoms with E-state index in [0.29, 0.717) is 36.2 Å². The van der Waals surface area contributed by atoms with Gasteiger partial charge in [0.05, 0.1) is 18.1 Å². The lowest BCUT2D eigenvalue weighted by molar-refractivity contribution is -0.127. The summed E-state index contributed by atoms with van der Waals surface area (Å²) < 4.78 is 5.83. The van der Waals surface area contributed by atoms with E-state index in [1.807, 2.05) is 48.3 Å². The van der Waals surface area contributed by atoms with Crippen LogP contribution in [0.4, 0.5) is 5.82 Å². The number of aromatic nitrogens is 3. The molecule has 0 fully saturated rings. The Hall–Kier alpha value is -3.99. The average molecular weight is 402 g/mol. The van der Waals surface area contributed by atoms with E-state index in [0.717, 1.165) is 11.3 Å². The quantitative estimate of drug-likeness (QED) is 0.599. The van der Waals surface area contributed by atoms with Crippen LogP contribution in [0.25, 0.3) is 11.3 Å². The standard InChI is InChI=1S/C22H22N6O2/c1-16(29)27(2)11-12-28(3)21-14-24-15-22(26-21)30-19-9-7-17(8-10-19)20-6-4-5-18(13-23)25-20/h4-10,14-15H,11-12H2,1-3H3. The molecular weight excluding hydrogens is 380 g/mol. The van der Waals surface area contributed by atoms with Gasteiger partial charge >= 0.3 is 0 Å². The first-order valence-electron chi connectivity index (χ1n) is 9.36. The Labute approximate surface area is 175 Å². The summed E-state index contributed by atoms with van der Waals surface area (Å²) in [6, 6.07) is 14.7. The second-order valence-corrected chi connectivity index (χ2v) is 6.72. The second kappa shape index (κ2) is 9.47. The molecule has 3 rings (SSSR count). The van der Waals surface area contributed by atoms with Crippen LogP contribution in [0.3, 0.4) is 0 Å². The summed E-state index contributed by atoms with van der Waals surface area (Å²) in [6.45, 7) is 2.74. The fraction of sp³-hybridized carbons (Fsp3) is 0.227. The number of carbonyl (C=O) groups is 1. The molecule has 30 heavy (non-hydrogen) atoms. The summed E-state index contributed by atoms with van der Waals surface area (Å²) in [5.74, 6) is 1.65. The SMILES string of the molecule is CC(=O)N(C)CCN(C)c1cncc(Oc2ccc(-c3cccc(C#N)n3)cc2)n1. The van der Waals surface area contributed by atoms with Gasteiger partial charge in [0.15, 0.2) is 5.82 Å². The summed E-state index contributed by atoms with van der Waals surface area (Å²) in [6.07, 6.45) is 3.20. The van der Waals surface area contributed by atoms with Crippen LogP contribution in [0.1, 0.15) is 12.6 Å². The van der Waals surface area contributed by atoms with Crippen molar-refractivity contribution in [3.63, 3.8) is 0 Å². The highest BCUT2D eigenvalue weighted by atomic mass is 16.5. The summed E-state index contributed by atoms with van der Waals surface area (Å²) in [7, 11) is 3.65. The second-order valence-electron chi connectivity index (χ2n) is 6.72. The molecule has 0 atom stereocenters. The zero-order chi connectivity index (χ0) is 21.5. The molecular formula is C22H22N6O2. The highest BCUT2D eigenvalue weighted by Gasteiger charge is 2.09. The van der Waals surface area contributed by atoms with Crippen LogP contribution < -0.4 is 9.64 Å². The van der Waals surface area contributed by atoms with E-state index in [9.17, 15) is 4.79 Å². The molecule has 8 nitrogen and oxygen atoms in total. The van der Waals surface area contributed by atoms with Gasteiger partial charge in [0.25, 0.3) is 0 Å². The fourth-order valence-corrected chi connectivity index (χ4v) is 2.62. The van der Waals surface area contributed by atoms with E-state index >= 15 is 0 Å². The number of carbonyl (C=O) groups excluding carboxylic acids is 1. The third kappa shape index (κ3) is 5.29. The van der Waals surface area contributed by atoms with Crippen LogP contribution in [0.2, 0.25) is 0 Å². The van der Waals surface area contributed by atoms with Gasteiger partial charge < -0.3 is 14.5 Å². The number of pyridine rings is 1. The molecule has 0 aliphatic carbocycles. The summed E-state index contributed by atoms with van der Waals surface area (Å²) in [5, 5.41) is 9.00. The Kier molecular flexibility index (Phi) is 6.55. The van der Waals surface area contributed by atoms with Gasteiger partial charge in [0.2, 0.25) is 11.8 Å². The monoisotopic (exact) mass is 402 g/mol. The molecule has 0 saturated carbocycles. The number of amides is 1. The zero-order valence-electron chi connectivity index (χ0n) is 17.1. The normalized spacial score (nSPS) is 10.2. The number of likely N-dealkylation sites (N-methyl/N-ethyl adjacent to an activating group) is 2. The van der Waals surface area contributed by atoms with E-state index in [2.05, 4.69) is 15.0 Å². The highest BCUT2D eigenvalue weighted by Crippen LogP contribution is 2.24. The topological polar surface area (TPSA) is 95.2 Å². The molecule has 2 aromatic heterocycles. The van der Waals surface area contributed by atoms with Gasteiger partial charge in [0.1, 0.15) is 17.5 Å². The summed E-state index contributed by atoms with van der Waals surface area (Å²) in [4.78, 5) is 27.9. The first-order chi connectivity index (χ1) is 14.5. The first-order valence-corrected chi connectivity index (χ1v) is 9.36. The number of hydrogen-bond acceptors (Lipinski definition) is 7. The molecule has 1 amide bonds. The van der Waals surface area contributed by atoms with E-state index in [1.54, 1.807) is 36.5 Å². The Balaban J connectivity index is 1.67. The van der Waals surface area contributed by atoms with E-state index < -0.39 is 0 Å². The van der Waals surface area contributed by atoms with Crippen molar-refractivity contribution in [2.75, 3.05) is 32.1 Å². The molecule has 0 N–H and O–H groups in total. The molecule has 152 valence electrons. The lowest BCUT2D eigenvalue weighted by Crippen LogP contribution is -2.33. The number of anilines is 1. The van der Waals surface area contributed by atoms with Gasteiger partial charge in [-0.1, -0.05) is 6.07 Å². The van der Waals surface area contributed by atoms with Gasteiger partial charge in [-0.15, -0.1) is 0 Å². The van der Waals surface area contributed by atoms with Crippen LogP contribution in [-0.2, 0) is 4.79 Å². The van der Waals surface area contributed by atoms with Gasteiger partial charge in [-0.05, 0) is 36.4 Å². The molecule has 0 aliphatic rings. The van der Waals surface area contributed by atoms with Crippen molar-refractivity contribution in [1.29, 1.82) is 5.26 Å². The maximum atomic E-state index is 11.3. The molecule has 0 spiro atoms. The average Bonchev–Trinajstić information content (AvgIpc) is 2.77. The number of rotatable bonds is 7. The van der Waals surface area contributed by atoms with Gasteiger partial charge in [-0.2, -0.15) is 10.2 Å². The predicted molar refractivity (Wildman–Crippen MR) is 113 cm³/mol. The Morgan fingerprint density at radius 2 is 1.83 bits per heavy atom. The van der Waals surface area contributed by atoms with Crippen LogP contribution >= 0.6 is 0 Å². The van der Waals surface area contributed by atoms with E-state index in [1.165, 1.54) is 6.92 Å². The molecule has 0 unspecified atom stereocenters. The molecule has 1 aromatic carbocycles. The molecule has 0 bridgehead atoms.